The molecule has 0 aliphatic carbocycles. The molecule has 0 spiro atoms. The summed E-state index contributed by atoms with van der Waals surface area (Å²) in [5.74, 6) is 0.789. The highest BCUT2D eigenvalue weighted by Gasteiger charge is 2.02. The number of nitrogens with two attached hydrogens (primary N) is 1. The van der Waals surface area contributed by atoms with Gasteiger partial charge in [0.05, 0.1) is 17.9 Å². The van der Waals surface area contributed by atoms with Crippen molar-refractivity contribution in [1.29, 1.82) is 0 Å². The smallest absolute Gasteiger partial charge is 0.143 e. The second-order valence-corrected chi connectivity index (χ2v) is 3.32. The van der Waals surface area contributed by atoms with Crippen LogP contribution in [0.3, 0.4) is 0 Å². The Labute approximate surface area is 87.7 Å². The van der Waals surface area contributed by atoms with Crippen LogP contribution in [0.2, 0.25) is 0 Å². The molecule has 5 nitrogen and oxygen atoms in total. The monoisotopic (exact) mass is 203 g/mol. The standard InChI is InChI=1S/C10H13N5/c1-7-3-2-4-8(11)10(7)12-5-9-13-6-14-15-9/h2-4,6,12H,5,11H2,1H3,(H,13,14,15). The number of nitrogen functional groups attached to an aromatic ring is 1. The largest absolute Gasteiger partial charge is 0.397 e. The normalized spacial score (nSPS) is 10.2. The molecule has 1 heterocycles. The molecule has 0 aliphatic rings. The molecular weight excluding hydrogens is 190 g/mol. The number of H-pyrrole nitrogens is 1. The minimum Gasteiger partial charge on any atom is -0.397 e. The lowest BCUT2D eigenvalue weighted by Gasteiger charge is -2.10. The van der Waals surface area contributed by atoms with Gasteiger partial charge in [-0.3, -0.25) is 5.10 Å². The maximum Gasteiger partial charge on any atom is 0.143 e. The van der Waals surface area contributed by atoms with E-state index in [4.69, 9.17) is 5.73 Å². The fourth-order valence-electron chi connectivity index (χ4n) is 1.42. The number of anilines is 2. The van der Waals surface area contributed by atoms with Crippen molar-refractivity contribution in [3.8, 4) is 0 Å². The van der Waals surface area contributed by atoms with E-state index in [0.717, 1.165) is 22.8 Å². The number of nitrogens with one attached hydrogen (secondary N) is 2. The highest BCUT2D eigenvalue weighted by molar-refractivity contribution is 5.69. The van der Waals surface area contributed by atoms with Crippen molar-refractivity contribution in [2.75, 3.05) is 11.1 Å². The van der Waals surface area contributed by atoms with Gasteiger partial charge in [-0.05, 0) is 18.6 Å². The number of hydrogen-bond acceptors (Lipinski definition) is 4. The van der Waals surface area contributed by atoms with Gasteiger partial charge in [-0.15, -0.1) is 0 Å². The molecule has 0 bridgehead atoms. The summed E-state index contributed by atoms with van der Waals surface area (Å²) in [5.41, 5.74) is 8.67. The Bertz CT molecular complexity index is 415. The molecule has 0 amide bonds. The highest BCUT2D eigenvalue weighted by atomic mass is 15.2. The van der Waals surface area contributed by atoms with Crippen molar-refractivity contribution >= 4 is 11.4 Å². The van der Waals surface area contributed by atoms with Crippen LogP contribution in [0.5, 0.6) is 0 Å². The molecule has 0 saturated carbocycles. The van der Waals surface area contributed by atoms with E-state index < -0.39 is 0 Å². The van der Waals surface area contributed by atoms with Crippen LogP contribution in [-0.4, -0.2) is 15.2 Å². The second kappa shape index (κ2) is 4.00. The van der Waals surface area contributed by atoms with Crippen molar-refractivity contribution in [2.45, 2.75) is 13.5 Å². The van der Waals surface area contributed by atoms with E-state index in [1.54, 1.807) is 0 Å². The molecule has 4 N–H and O–H groups in total. The lowest BCUT2D eigenvalue weighted by Crippen LogP contribution is -2.05. The van der Waals surface area contributed by atoms with Gasteiger partial charge in [0.25, 0.3) is 0 Å². The average Bonchev–Trinajstić information content (AvgIpc) is 2.70. The summed E-state index contributed by atoms with van der Waals surface area (Å²) in [6, 6.07) is 5.82. The number of aromatic nitrogens is 3. The summed E-state index contributed by atoms with van der Waals surface area (Å²) < 4.78 is 0. The lowest BCUT2D eigenvalue weighted by atomic mass is 10.1. The van der Waals surface area contributed by atoms with Crippen LogP contribution in [0.1, 0.15) is 11.4 Å². The number of hydrogen-bond donors (Lipinski definition) is 3. The number of rotatable bonds is 3. The van der Waals surface area contributed by atoms with Crippen LogP contribution in [0, 0.1) is 6.92 Å². The molecule has 0 radical (unpaired) electrons. The van der Waals surface area contributed by atoms with Crippen LogP contribution >= 0.6 is 0 Å². The molecule has 0 fully saturated rings. The van der Waals surface area contributed by atoms with Gasteiger partial charge in [-0.25, -0.2) is 4.98 Å². The van der Waals surface area contributed by atoms with E-state index in [-0.39, 0.29) is 0 Å². The Kier molecular flexibility index (Phi) is 2.53. The zero-order valence-electron chi connectivity index (χ0n) is 8.49. The minimum absolute atomic E-state index is 0.592. The maximum atomic E-state index is 5.85. The summed E-state index contributed by atoms with van der Waals surface area (Å²) in [4.78, 5) is 4.02. The highest BCUT2D eigenvalue weighted by Crippen LogP contribution is 2.22. The zero-order valence-corrected chi connectivity index (χ0v) is 8.49. The third-order valence-corrected chi connectivity index (χ3v) is 2.20. The quantitative estimate of drug-likeness (QED) is 0.657. The number of aromatic amines is 1. The third kappa shape index (κ3) is 2.07. The zero-order chi connectivity index (χ0) is 10.7. The first-order valence-electron chi connectivity index (χ1n) is 4.70. The van der Waals surface area contributed by atoms with Gasteiger partial charge in [-0.2, -0.15) is 5.10 Å². The number of benzene rings is 1. The fourth-order valence-corrected chi connectivity index (χ4v) is 1.42. The molecule has 78 valence electrons. The molecule has 5 heteroatoms. The first-order valence-corrected chi connectivity index (χ1v) is 4.70. The van der Waals surface area contributed by atoms with Gasteiger partial charge in [0.15, 0.2) is 0 Å². The Morgan fingerprint density at radius 3 is 3.00 bits per heavy atom. The summed E-state index contributed by atoms with van der Waals surface area (Å²) in [7, 11) is 0. The van der Waals surface area contributed by atoms with Crippen LogP contribution in [-0.2, 0) is 6.54 Å². The molecule has 2 rings (SSSR count). The van der Waals surface area contributed by atoms with Gasteiger partial charge in [0.1, 0.15) is 12.2 Å². The Morgan fingerprint density at radius 2 is 2.33 bits per heavy atom. The number of para-hydroxylation sites is 1. The summed E-state index contributed by atoms with van der Waals surface area (Å²) in [6.07, 6.45) is 1.48. The molecule has 2 aromatic rings. The molecule has 15 heavy (non-hydrogen) atoms. The second-order valence-electron chi connectivity index (χ2n) is 3.32. The van der Waals surface area contributed by atoms with E-state index in [0.29, 0.717) is 6.54 Å². The van der Waals surface area contributed by atoms with Crippen molar-refractivity contribution in [1.82, 2.24) is 15.2 Å². The summed E-state index contributed by atoms with van der Waals surface area (Å²) >= 11 is 0. The van der Waals surface area contributed by atoms with Crippen molar-refractivity contribution < 1.29 is 0 Å². The maximum absolute atomic E-state index is 5.85. The molecule has 0 atom stereocenters. The Balaban J connectivity index is 2.11. The van der Waals surface area contributed by atoms with Gasteiger partial charge in [0.2, 0.25) is 0 Å². The first-order chi connectivity index (χ1) is 7.27. The summed E-state index contributed by atoms with van der Waals surface area (Å²) in [6.45, 7) is 2.61. The topological polar surface area (TPSA) is 79.6 Å². The van der Waals surface area contributed by atoms with E-state index in [9.17, 15) is 0 Å². The Hall–Kier alpha value is -2.04. The fraction of sp³-hybridized carbons (Fsp3) is 0.200. The van der Waals surface area contributed by atoms with E-state index >= 15 is 0 Å². The van der Waals surface area contributed by atoms with Crippen LogP contribution < -0.4 is 11.1 Å². The van der Waals surface area contributed by atoms with E-state index in [1.807, 2.05) is 25.1 Å². The minimum atomic E-state index is 0.592. The molecule has 0 saturated heterocycles. The lowest BCUT2D eigenvalue weighted by molar-refractivity contribution is 0.953. The van der Waals surface area contributed by atoms with Gasteiger partial charge >= 0.3 is 0 Å². The van der Waals surface area contributed by atoms with Crippen LogP contribution in [0.4, 0.5) is 11.4 Å². The number of nitrogens with zero attached hydrogens (tertiary/aromatic N) is 2. The van der Waals surface area contributed by atoms with E-state index in [2.05, 4.69) is 20.5 Å². The molecule has 1 aromatic carbocycles. The van der Waals surface area contributed by atoms with Crippen molar-refractivity contribution in [3.63, 3.8) is 0 Å². The SMILES string of the molecule is Cc1cccc(N)c1NCc1ncn[nH]1. The van der Waals surface area contributed by atoms with Crippen LogP contribution in [0.15, 0.2) is 24.5 Å². The molecule has 0 aliphatic heterocycles. The molecule has 0 unspecified atom stereocenters. The number of aryl methyl sites for hydroxylation is 1. The van der Waals surface area contributed by atoms with E-state index in [1.165, 1.54) is 6.33 Å². The molecular formula is C10H13N5. The summed E-state index contributed by atoms with van der Waals surface area (Å²) in [5, 5.41) is 9.78. The van der Waals surface area contributed by atoms with Crippen molar-refractivity contribution in [2.24, 2.45) is 0 Å². The van der Waals surface area contributed by atoms with Crippen LogP contribution in [0.25, 0.3) is 0 Å². The predicted molar refractivity (Wildman–Crippen MR) is 59.3 cm³/mol. The third-order valence-electron chi connectivity index (χ3n) is 2.20. The first kappa shape index (κ1) is 9.51. The Morgan fingerprint density at radius 1 is 1.47 bits per heavy atom. The van der Waals surface area contributed by atoms with Crippen molar-refractivity contribution in [3.05, 3.63) is 35.9 Å². The van der Waals surface area contributed by atoms with Gasteiger partial charge in [0, 0.05) is 0 Å². The predicted octanol–water partition coefficient (Wildman–Crippen LogP) is 1.31. The molecule has 1 aromatic heterocycles. The average molecular weight is 203 g/mol. The van der Waals surface area contributed by atoms with Gasteiger partial charge in [-0.1, -0.05) is 12.1 Å². The van der Waals surface area contributed by atoms with Gasteiger partial charge < -0.3 is 11.1 Å².